The standard InChI is InChI=1S/C19H26N2O3/c22-18(21-17-7-10-20-19(17)8-1-2-9-19)6-4-14-3-5-15-16(13-14)24-12-11-23-15/h3,5,13,17,20H,1-2,4,6-12H2,(H,21,22). The molecule has 130 valence electrons. The van der Waals surface area contributed by atoms with Crippen molar-refractivity contribution in [2.45, 2.75) is 56.5 Å². The van der Waals surface area contributed by atoms with Gasteiger partial charge >= 0.3 is 0 Å². The fraction of sp³-hybridized carbons (Fsp3) is 0.632. The lowest BCUT2D eigenvalue weighted by atomic mass is 9.90. The Hall–Kier alpha value is -1.75. The third-order valence-corrected chi connectivity index (χ3v) is 5.66. The molecule has 5 heteroatoms. The highest BCUT2D eigenvalue weighted by atomic mass is 16.6. The summed E-state index contributed by atoms with van der Waals surface area (Å²) in [6.07, 6.45) is 7.24. The molecule has 2 aliphatic heterocycles. The second-order valence-corrected chi connectivity index (χ2v) is 7.18. The van der Waals surface area contributed by atoms with Crippen LogP contribution >= 0.6 is 0 Å². The quantitative estimate of drug-likeness (QED) is 0.888. The Bertz CT molecular complexity index is 605. The molecule has 2 fully saturated rings. The zero-order chi connectivity index (χ0) is 16.4. The normalized spacial score (nSPS) is 24.2. The van der Waals surface area contributed by atoms with Crippen molar-refractivity contribution in [2.75, 3.05) is 19.8 Å². The second-order valence-electron chi connectivity index (χ2n) is 7.18. The van der Waals surface area contributed by atoms with E-state index < -0.39 is 0 Å². The average Bonchev–Trinajstić information content (AvgIpc) is 3.24. The van der Waals surface area contributed by atoms with E-state index in [9.17, 15) is 4.79 Å². The van der Waals surface area contributed by atoms with Gasteiger partial charge in [-0.25, -0.2) is 0 Å². The van der Waals surface area contributed by atoms with E-state index in [-0.39, 0.29) is 11.4 Å². The molecule has 2 N–H and O–H groups in total. The lowest BCUT2D eigenvalue weighted by Crippen LogP contribution is -2.53. The predicted molar refractivity (Wildman–Crippen MR) is 91.5 cm³/mol. The van der Waals surface area contributed by atoms with Crippen LogP contribution in [0.2, 0.25) is 0 Å². The molecule has 0 bridgehead atoms. The van der Waals surface area contributed by atoms with Crippen LogP contribution in [-0.4, -0.2) is 37.2 Å². The van der Waals surface area contributed by atoms with E-state index in [4.69, 9.17) is 9.47 Å². The van der Waals surface area contributed by atoms with Gasteiger partial charge in [0.05, 0.1) is 0 Å². The summed E-state index contributed by atoms with van der Waals surface area (Å²) < 4.78 is 11.1. The summed E-state index contributed by atoms with van der Waals surface area (Å²) in [6.45, 7) is 2.22. The minimum Gasteiger partial charge on any atom is -0.486 e. The molecule has 3 aliphatic rings. The Labute approximate surface area is 143 Å². The van der Waals surface area contributed by atoms with Gasteiger partial charge in [-0.2, -0.15) is 0 Å². The van der Waals surface area contributed by atoms with E-state index in [1.165, 1.54) is 25.7 Å². The molecule has 0 radical (unpaired) electrons. The number of hydrogen-bond donors (Lipinski definition) is 2. The highest BCUT2D eigenvalue weighted by Crippen LogP contribution is 2.37. The van der Waals surface area contributed by atoms with Gasteiger partial charge in [0.15, 0.2) is 11.5 Å². The fourth-order valence-corrected chi connectivity index (χ4v) is 4.37. The summed E-state index contributed by atoms with van der Waals surface area (Å²) in [7, 11) is 0. The number of fused-ring (bicyclic) bond motifs is 1. The molecule has 1 saturated heterocycles. The van der Waals surface area contributed by atoms with Crippen LogP contribution in [-0.2, 0) is 11.2 Å². The molecule has 1 saturated carbocycles. The summed E-state index contributed by atoms with van der Waals surface area (Å²) in [5, 5.41) is 6.94. The number of rotatable bonds is 4. The monoisotopic (exact) mass is 330 g/mol. The maximum absolute atomic E-state index is 12.4. The van der Waals surface area contributed by atoms with Crippen LogP contribution in [0.4, 0.5) is 0 Å². The largest absolute Gasteiger partial charge is 0.486 e. The Morgan fingerprint density at radius 2 is 2.00 bits per heavy atom. The highest BCUT2D eigenvalue weighted by Gasteiger charge is 2.44. The van der Waals surface area contributed by atoms with Crippen molar-refractivity contribution < 1.29 is 14.3 Å². The summed E-state index contributed by atoms with van der Waals surface area (Å²) in [4.78, 5) is 12.4. The maximum Gasteiger partial charge on any atom is 0.220 e. The van der Waals surface area contributed by atoms with Gasteiger partial charge < -0.3 is 20.1 Å². The topological polar surface area (TPSA) is 59.6 Å². The molecule has 24 heavy (non-hydrogen) atoms. The molecule has 1 atom stereocenters. The first kappa shape index (κ1) is 15.8. The van der Waals surface area contributed by atoms with Crippen LogP contribution in [0.3, 0.4) is 0 Å². The number of carbonyl (C=O) groups excluding carboxylic acids is 1. The summed E-state index contributed by atoms with van der Waals surface area (Å²) in [5.74, 6) is 1.75. The smallest absolute Gasteiger partial charge is 0.220 e. The SMILES string of the molecule is O=C(CCc1ccc2c(c1)OCCO2)NC1CCNC12CCCC2. The fourth-order valence-electron chi connectivity index (χ4n) is 4.37. The average molecular weight is 330 g/mol. The zero-order valence-electron chi connectivity index (χ0n) is 14.1. The van der Waals surface area contributed by atoms with Crippen LogP contribution in [0.1, 0.15) is 44.1 Å². The number of nitrogens with one attached hydrogen (secondary N) is 2. The van der Waals surface area contributed by atoms with Gasteiger partial charge in [-0.1, -0.05) is 18.9 Å². The second kappa shape index (κ2) is 6.63. The first-order valence-corrected chi connectivity index (χ1v) is 9.18. The van der Waals surface area contributed by atoms with E-state index in [1.54, 1.807) is 0 Å². The Morgan fingerprint density at radius 1 is 1.21 bits per heavy atom. The van der Waals surface area contributed by atoms with Crippen molar-refractivity contribution >= 4 is 5.91 Å². The minimum absolute atomic E-state index is 0.157. The molecule has 0 aromatic heterocycles. The van der Waals surface area contributed by atoms with Crippen LogP contribution in [0.15, 0.2) is 18.2 Å². The Kier molecular flexibility index (Phi) is 4.35. The van der Waals surface area contributed by atoms with Crippen molar-refractivity contribution in [1.29, 1.82) is 0 Å². The number of hydrogen-bond acceptors (Lipinski definition) is 4. The molecular weight excluding hydrogens is 304 g/mol. The van der Waals surface area contributed by atoms with E-state index >= 15 is 0 Å². The first-order chi connectivity index (χ1) is 11.8. The van der Waals surface area contributed by atoms with Crippen molar-refractivity contribution in [3.63, 3.8) is 0 Å². The van der Waals surface area contributed by atoms with Crippen LogP contribution < -0.4 is 20.1 Å². The van der Waals surface area contributed by atoms with Crippen molar-refractivity contribution in [3.05, 3.63) is 23.8 Å². The van der Waals surface area contributed by atoms with Crippen LogP contribution in [0, 0.1) is 0 Å². The number of amides is 1. The molecule has 1 amide bonds. The molecule has 2 heterocycles. The summed E-state index contributed by atoms with van der Waals surface area (Å²) >= 11 is 0. The molecular formula is C19H26N2O3. The molecule has 1 aliphatic carbocycles. The lowest BCUT2D eigenvalue weighted by Gasteiger charge is -2.32. The van der Waals surface area contributed by atoms with E-state index in [0.29, 0.717) is 25.7 Å². The Balaban J connectivity index is 1.32. The molecule has 1 aromatic rings. The third-order valence-electron chi connectivity index (χ3n) is 5.66. The van der Waals surface area contributed by atoms with Crippen molar-refractivity contribution in [3.8, 4) is 11.5 Å². The first-order valence-electron chi connectivity index (χ1n) is 9.18. The van der Waals surface area contributed by atoms with E-state index in [1.807, 2.05) is 18.2 Å². The molecule has 1 unspecified atom stereocenters. The van der Waals surface area contributed by atoms with Gasteiger partial charge in [-0.3, -0.25) is 4.79 Å². The highest BCUT2D eigenvalue weighted by molar-refractivity contribution is 5.76. The summed E-state index contributed by atoms with van der Waals surface area (Å²) in [5.41, 5.74) is 1.29. The summed E-state index contributed by atoms with van der Waals surface area (Å²) in [6, 6.07) is 6.26. The van der Waals surface area contributed by atoms with Gasteiger partial charge in [0, 0.05) is 18.0 Å². The van der Waals surface area contributed by atoms with Gasteiger partial charge in [0.25, 0.3) is 0 Å². The molecule has 4 rings (SSSR count). The van der Waals surface area contributed by atoms with Gasteiger partial charge in [0.2, 0.25) is 5.91 Å². The van der Waals surface area contributed by atoms with Crippen LogP contribution in [0.25, 0.3) is 0 Å². The number of ether oxygens (including phenoxy) is 2. The van der Waals surface area contributed by atoms with Crippen LogP contribution in [0.5, 0.6) is 11.5 Å². The van der Waals surface area contributed by atoms with Gasteiger partial charge in [-0.05, 0) is 49.9 Å². The molecule has 1 spiro atoms. The molecule has 1 aromatic carbocycles. The Morgan fingerprint density at radius 3 is 2.83 bits per heavy atom. The molecule has 5 nitrogen and oxygen atoms in total. The maximum atomic E-state index is 12.4. The van der Waals surface area contributed by atoms with Gasteiger partial charge in [0.1, 0.15) is 13.2 Å². The predicted octanol–water partition coefficient (Wildman–Crippen LogP) is 2.18. The van der Waals surface area contributed by atoms with Gasteiger partial charge in [-0.15, -0.1) is 0 Å². The number of aryl methyl sites for hydroxylation is 1. The minimum atomic E-state index is 0.157. The zero-order valence-corrected chi connectivity index (χ0v) is 14.1. The van der Waals surface area contributed by atoms with Crippen molar-refractivity contribution in [1.82, 2.24) is 10.6 Å². The van der Waals surface area contributed by atoms with Crippen molar-refractivity contribution in [2.24, 2.45) is 0 Å². The van der Waals surface area contributed by atoms with E-state index in [2.05, 4.69) is 10.6 Å². The number of benzene rings is 1. The van der Waals surface area contributed by atoms with E-state index in [0.717, 1.165) is 36.4 Å². The lowest BCUT2D eigenvalue weighted by molar-refractivity contribution is -0.122. The number of carbonyl (C=O) groups is 1. The third kappa shape index (κ3) is 3.09.